The van der Waals surface area contributed by atoms with E-state index in [4.69, 9.17) is 26.0 Å². The number of hydrogen-bond donors (Lipinski definition) is 2. The number of piperazine rings is 1. The summed E-state index contributed by atoms with van der Waals surface area (Å²) in [5.74, 6) is 0.980. The van der Waals surface area contributed by atoms with Crippen molar-refractivity contribution in [3.05, 3.63) is 88.8 Å². The van der Waals surface area contributed by atoms with Crippen LogP contribution >= 0.6 is 11.6 Å². The van der Waals surface area contributed by atoms with Crippen molar-refractivity contribution < 1.29 is 23.5 Å². The number of nitrogens with zero attached hydrogens (tertiary/aromatic N) is 6. The van der Waals surface area contributed by atoms with Gasteiger partial charge in [0.05, 0.1) is 28.9 Å². The molecule has 4 aliphatic rings. The number of amides is 3. The van der Waals surface area contributed by atoms with Crippen molar-refractivity contribution >= 4 is 62.6 Å². The fourth-order valence-corrected chi connectivity index (χ4v) is 9.57. The molecule has 3 amide bonds. The Morgan fingerprint density at radius 2 is 1.71 bits per heavy atom. The number of fused-ring (bicyclic) bond motifs is 3. The Kier molecular flexibility index (Phi) is 11.1. The van der Waals surface area contributed by atoms with Gasteiger partial charge in [0.2, 0.25) is 11.8 Å². The van der Waals surface area contributed by atoms with Gasteiger partial charge in [0.15, 0.2) is 11.5 Å². The zero-order valence-corrected chi connectivity index (χ0v) is 33.6. The molecule has 0 radical (unpaired) electrons. The van der Waals surface area contributed by atoms with Gasteiger partial charge in [-0.15, -0.1) is 10.2 Å². The zero-order chi connectivity index (χ0) is 40.5. The molecule has 3 aliphatic heterocycles. The topological polar surface area (TPSA) is 157 Å². The van der Waals surface area contributed by atoms with Crippen molar-refractivity contribution in [3.8, 4) is 11.8 Å². The van der Waals surface area contributed by atoms with Crippen LogP contribution in [0, 0.1) is 17.2 Å². The summed E-state index contributed by atoms with van der Waals surface area (Å²) >= 11 is 6.16. The predicted octanol–water partition coefficient (Wildman–Crippen LogP) is 6.58. The molecule has 1 atom stereocenters. The summed E-state index contributed by atoms with van der Waals surface area (Å²) in [6.07, 6.45) is 7.89. The molecule has 9 rings (SSSR count). The number of anilines is 2. The van der Waals surface area contributed by atoms with Gasteiger partial charge < -0.3 is 24.3 Å². The molecule has 1 unspecified atom stereocenters. The lowest BCUT2D eigenvalue weighted by atomic mass is 9.88. The van der Waals surface area contributed by atoms with E-state index in [1.807, 2.05) is 12.1 Å². The second-order valence-corrected chi connectivity index (χ2v) is 16.7. The van der Waals surface area contributed by atoms with Gasteiger partial charge in [0.1, 0.15) is 17.4 Å². The highest BCUT2D eigenvalue weighted by atomic mass is 35.5. The molecule has 1 saturated carbocycles. The van der Waals surface area contributed by atoms with Gasteiger partial charge in [-0.1, -0.05) is 23.7 Å². The van der Waals surface area contributed by atoms with Gasteiger partial charge in [-0.3, -0.25) is 24.6 Å². The number of hydrogen-bond acceptors (Lipinski definition) is 11. The number of nitrogens with one attached hydrogen (secondary N) is 2. The molecule has 2 N–H and O–H groups in total. The normalized spacial score (nSPS) is 22.0. The van der Waals surface area contributed by atoms with Gasteiger partial charge in [0, 0.05) is 86.4 Å². The van der Waals surface area contributed by atoms with E-state index in [9.17, 15) is 14.4 Å². The molecule has 0 bridgehead atoms. The highest BCUT2D eigenvalue weighted by Crippen LogP contribution is 2.40. The SMILES string of the molecule is N#Cc1ccc(O[C@H]2CC[C@H](NC(=O)c3ccc(N4CCC(CN5CCN(c6cccc7c6ccc6occ(C8CCC(=O)NC8=O)c67)CC5)CC4)nn3)CC2)cc1Cl. The number of aromatic nitrogens is 2. The van der Waals surface area contributed by atoms with E-state index in [1.165, 1.54) is 5.69 Å². The molecule has 14 heteroatoms. The summed E-state index contributed by atoms with van der Waals surface area (Å²) in [6, 6.07) is 21.4. The Bertz CT molecular complexity index is 2410. The summed E-state index contributed by atoms with van der Waals surface area (Å²) in [4.78, 5) is 45.0. The number of nitriles is 1. The fourth-order valence-electron chi connectivity index (χ4n) is 9.36. The molecule has 4 fully saturated rings. The third kappa shape index (κ3) is 8.29. The zero-order valence-electron chi connectivity index (χ0n) is 32.9. The number of benzene rings is 3. The number of piperidine rings is 2. The van der Waals surface area contributed by atoms with Crippen molar-refractivity contribution in [2.75, 3.05) is 55.6 Å². The number of halogens is 1. The quantitative estimate of drug-likeness (QED) is 0.155. The van der Waals surface area contributed by atoms with Gasteiger partial charge in [0.25, 0.3) is 5.91 Å². The lowest BCUT2D eigenvalue weighted by Gasteiger charge is -2.40. The Balaban J connectivity index is 0.729. The summed E-state index contributed by atoms with van der Waals surface area (Å²) in [7, 11) is 0. The van der Waals surface area contributed by atoms with E-state index >= 15 is 0 Å². The molecule has 304 valence electrons. The monoisotopic (exact) mass is 814 g/mol. The number of furan rings is 1. The third-order valence-corrected chi connectivity index (χ3v) is 13.0. The minimum absolute atomic E-state index is 0.0307. The van der Waals surface area contributed by atoms with E-state index in [0.29, 0.717) is 40.8 Å². The molecule has 5 aromatic rings. The Morgan fingerprint density at radius 1 is 0.898 bits per heavy atom. The molecule has 3 saturated heterocycles. The molecule has 5 heterocycles. The molecule has 0 spiro atoms. The molecule has 3 aromatic carbocycles. The van der Waals surface area contributed by atoms with Crippen molar-refractivity contribution in [3.63, 3.8) is 0 Å². The maximum absolute atomic E-state index is 13.1. The van der Waals surface area contributed by atoms with Crippen molar-refractivity contribution in [2.45, 2.75) is 69.4 Å². The highest BCUT2D eigenvalue weighted by molar-refractivity contribution is 6.31. The van der Waals surface area contributed by atoms with E-state index in [-0.39, 0.29) is 29.9 Å². The van der Waals surface area contributed by atoms with Crippen LogP contribution in [0.2, 0.25) is 5.02 Å². The summed E-state index contributed by atoms with van der Waals surface area (Å²) in [6.45, 7) is 6.73. The van der Waals surface area contributed by atoms with Crippen molar-refractivity contribution in [1.29, 1.82) is 5.26 Å². The highest BCUT2D eigenvalue weighted by Gasteiger charge is 2.32. The van der Waals surface area contributed by atoms with Crippen LogP contribution in [0.25, 0.3) is 21.7 Å². The smallest absolute Gasteiger partial charge is 0.272 e. The van der Waals surface area contributed by atoms with Gasteiger partial charge in [-0.05, 0) is 98.7 Å². The predicted molar refractivity (Wildman–Crippen MR) is 225 cm³/mol. The lowest BCUT2D eigenvalue weighted by Crippen LogP contribution is -2.49. The van der Waals surface area contributed by atoms with Crippen molar-refractivity contribution in [1.82, 2.24) is 25.7 Å². The van der Waals surface area contributed by atoms with Gasteiger partial charge in [-0.2, -0.15) is 5.26 Å². The number of rotatable bonds is 9. The fraction of sp³-hybridized carbons (Fsp3) is 0.422. The van der Waals surface area contributed by atoms with Crippen LogP contribution in [0.15, 0.2) is 71.3 Å². The van der Waals surface area contributed by atoms with Gasteiger partial charge in [-0.25, -0.2) is 0 Å². The van der Waals surface area contributed by atoms with Crippen LogP contribution < -0.4 is 25.2 Å². The van der Waals surface area contributed by atoms with Crippen LogP contribution in [0.5, 0.6) is 5.75 Å². The lowest BCUT2D eigenvalue weighted by molar-refractivity contribution is -0.134. The number of ether oxygens (including phenoxy) is 1. The number of carbonyl (C=O) groups is 3. The maximum Gasteiger partial charge on any atom is 0.272 e. The van der Waals surface area contributed by atoms with E-state index in [2.05, 4.69) is 65.9 Å². The van der Waals surface area contributed by atoms with E-state index in [0.717, 1.165) is 117 Å². The van der Waals surface area contributed by atoms with Gasteiger partial charge >= 0.3 is 0 Å². The Morgan fingerprint density at radius 3 is 2.44 bits per heavy atom. The van der Waals surface area contributed by atoms with Crippen LogP contribution in [-0.2, 0) is 9.59 Å². The molecule has 13 nitrogen and oxygen atoms in total. The second kappa shape index (κ2) is 16.9. The van der Waals surface area contributed by atoms with Crippen LogP contribution in [0.3, 0.4) is 0 Å². The first-order valence-corrected chi connectivity index (χ1v) is 21.2. The minimum Gasteiger partial charge on any atom is -0.490 e. The molecule has 59 heavy (non-hydrogen) atoms. The standard InChI is InChI=1S/C45H47ClN8O5/c46-37-24-32(7-4-29(37)25-47)59-31-8-5-30(6-9-31)48-45(57)38-12-14-41(51-50-38)54-18-16-28(17-19-54)26-52-20-22-53(23-21-52)39-3-1-2-34-33(39)10-13-40-43(34)36(27-58-40)35-11-15-42(55)49-44(35)56/h1-4,7,10,12-14,24,27-28,30-31,35H,5-6,8-9,11,15-23,26H2,(H,48,57)(H,49,55,56)/t30-,31-,35?. The summed E-state index contributed by atoms with van der Waals surface area (Å²) in [5.41, 5.74) is 3.54. The van der Waals surface area contributed by atoms with E-state index < -0.39 is 5.92 Å². The third-order valence-electron chi connectivity index (χ3n) is 12.6. The first kappa shape index (κ1) is 38.8. The van der Waals surface area contributed by atoms with Crippen LogP contribution in [0.4, 0.5) is 11.5 Å². The Hall–Kier alpha value is -5.71. The number of imide groups is 1. The molecular weight excluding hydrogens is 768 g/mol. The molecule has 2 aromatic heterocycles. The second-order valence-electron chi connectivity index (χ2n) is 16.3. The first-order valence-electron chi connectivity index (χ1n) is 20.8. The van der Waals surface area contributed by atoms with Crippen LogP contribution in [-0.4, -0.2) is 90.8 Å². The maximum atomic E-state index is 13.1. The van der Waals surface area contributed by atoms with Crippen LogP contribution in [0.1, 0.15) is 78.9 Å². The van der Waals surface area contributed by atoms with E-state index in [1.54, 1.807) is 30.5 Å². The average Bonchev–Trinajstić information content (AvgIpc) is 3.69. The number of carbonyl (C=O) groups excluding carboxylic acids is 3. The summed E-state index contributed by atoms with van der Waals surface area (Å²) < 4.78 is 12.0. The Labute approximate surface area is 347 Å². The summed E-state index contributed by atoms with van der Waals surface area (Å²) in [5, 5.41) is 27.0. The van der Waals surface area contributed by atoms with Crippen molar-refractivity contribution in [2.24, 2.45) is 5.92 Å². The molecule has 1 aliphatic carbocycles. The molecular formula is C45H47ClN8O5. The first-order chi connectivity index (χ1) is 28.8. The largest absolute Gasteiger partial charge is 0.490 e. The average molecular weight is 815 g/mol. The minimum atomic E-state index is -0.403.